The van der Waals surface area contributed by atoms with Crippen LogP contribution in [0.4, 0.5) is 18.9 Å². The van der Waals surface area contributed by atoms with Gasteiger partial charge in [0.1, 0.15) is 0 Å². The molecule has 25 heavy (non-hydrogen) atoms. The lowest BCUT2D eigenvalue weighted by molar-refractivity contribution is -0.137. The van der Waals surface area contributed by atoms with Crippen molar-refractivity contribution in [3.05, 3.63) is 65.7 Å². The van der Waals surface area contributed by atoms with Crippen LogP contribution in [0.5, 0.6) is 0 Å². The summed E-state index contributed by atoms with van der Waals surface area (Å²) < 4.78 is 64.8. The number of sulfonamides is 1. The van der Waals surface area contributed by atoms with Crippen LogP contribution in [0.3, 0.4) is 0 Å². The van der Waals surface area contributed by atoms with Gasteiger partial charge in [0.15, 0.2) is 0 Å². The molecule has 0 aliphatic rings. The molecule has 0 fully saturated rings. The van der Waals surface area contributed by atoms with Crippen LogP contribution >= 0.6 is 0 Å². The van der Waals surface area contributed by atoms with E-state index >= 15 is 0 Å². The molecule has 2 N–H and O–H groups in total. The van der Waals surface area contributed by atoms with Crippen LogP contribution in [0.25, 0.3) is 6.08 Å². The lowest BCUT2D eigenvalue weighted by Crippen LogP contribution is -2.14. The van der Waals surface area contributed by atoms with Gasteiger partial charge in [-0.15, -0.1) is 0 Å². The number of hydrogen-bond donors (Lipinski definition) is 2. The molecule has 0 unspecified atom stereocenters. The first-order valence-corrected chi connectivity index (χ1v) is 8.27. The molecular formula is C16H12F3NO4S. The molecule has 0 heterocycles. The Balaban J connectivity index is 2.30. The molecule has 0 radical (unpaired) electrons. The van der Waals surface area contributed by atoms with Crippen molar-refractivity contribution in [2.75, 3.05) is 4.72 Å². The van der Waals surface area contributed by atoms with Crippen LogP contribution in [0.15, 0.2) is 59.5 Å². The van der Waals surface area contributed by atoms with Gasteiger partial charge in [0.2, 0.25) is 0 Å². The molecule has 0 aliphatic heterocycles. The van der Waals surface area contributed by atoms with Gasteiger partial charge in [0.25, 0.3) is 10.0 Å². The second-order valence-corrected chi connectivity index (χ2v) is 6.61. The van der Waals surface area contributed by atoms with Gasteiger partial charge in [0, 0.05) is 11.8 Å². The van der Waals surface area contributed by atoms with Gasteiger partial charge in [-0.3, -0.25) is 4.72 Å². The Hall–Kier alpha value is -2.81. The van der Waals surface area contributed by atoms with Gasteiger partial charge >= 0.3 is 12.1 Å². The second kappa shape index (κ2) is 6.98. The van der Waals surface area contributed by atoms with Crippen molar-refractivity contribution < 1.29 is 31.5 Å². The Labute approximate surface area is 141 Å². The van der Waals surface area contributed by atoms with E-state index in [4.69, 9.17) is 5.11 Å². The Bertz CT molecular complexity index is 921. The zero-order valence-corrected chi connectivity index (χ0v) is 13.3. The normalized spacial score (nSPS) is 12.3. The number of carboxylic acids is 1. The lowest BCUT2D eigenvalue weighted by atomic mass is 10.2. The van der Waals surface area contributed by atoms with Crippen molar-refractivity contribution in [2.24, 2.45) is 0 Å². The number of carbonyl (C=O) groups is 1. The van der Waals surface area contributed by atoms with Crippen molar-refractivity contribution >= 4 is 27.8 Å². The largest absolute Gasteiger partial charge is 0.478 e. The highest BCUT2D eigenvalue weighted by molar-refractivity contribution is 7.92. The van der Waals surface area contributed by atoms with E-state index in [2.05, 4.69) is 4.72 Å². The van der Waals surface area contributed by atoms with Gasteiger partial charge < -0.3 is 5.11 Å². The molecule has 0 saturated carbocycles. The predicted molar refractivity (Wildman–Crippen MR) is 85.4 cm³/mol. The number of alkyl halides is 3. The summed E-state index contributed by atoms with van der Waals surface area (Å²) in [6.07, 6.45) is -2.53. The summed E-state index contributed by atoms with van der Waals surface area (Å²) in [6, 6.07) is 9.13. The van der Waals surface area contributed by atoms with Gasteiger partial charge in [0.05, 0.1) is 10.5 Å². The number of rotatable bonds is 5. The maximum atomic E-state index is 12.7. The maximum Gasteiger partial charge on any atom is 0.416 e. The summed E-state index contributed by atoms with van der Waals surface area (Å²) in [5.41, 5.74) is -0.579. The van der Waals surface area contributed by atoms with E-state index < -0.39 is 32.6 Å². The van der Waals surface area contributed by atoms with E-state index in [0.29, 0.717) is 11.6 Å². The van der Waals surface area contributed by atoms with E-state index in [1.807, 2.05) is 0 Å². The molecule has 0 aromatic heterocycles. The van der Waals surface area contributed by atoms with Gasteiger partial charge in [-0.2, -0.15) is 13.2 Å². The predicted octanol–water partition coefficient (Wildman–Crippen LogP) is 3.60. The van der Waals surface area contributed by atoms with E-state index in [-0.39, 0.29) is 5.69 Å². The first-order chi connectivity index (χ1) is 11.6. The molecule has 0 saturated heterocycles. The molecule has 0 spiro atoms. The Morgan fingerprint density at radius 1 is 1.08 bits per heavy atom. The molecule has 2 aromatic carbocycles. The SMILES string of the molecule is O=C(O)/C=C/c1cccc(NS(=O)(=O)c2cccc(C(F)(F)F)c2)c1. The number of benzene rings is 2. The van der Waals surface area contributed by atoms with Crippen LogP contribution in [0, 0.1) is 0 Å². The Morgan fingerprint density at radius 2 is 1.76 bits per heavy atom. The Morgan fingerprint density at radius 3 is 2.40 bits per heavy atom. The lowest BCUT2D eigenvalue weighted by Gasteiger charge is -2.11. The van der Waals surface area contributed by atoms with Crippen molar-refractivity contribution in [3.8, 4) is 0 Å². The zero-order valence-electron chi connectivity index (χ0n) is 12.5. The topological polar surface area (TPSA) is 83.5 Å². The minimum absolute atomic E-state index is 0.0879. The van der Waals surface area contributed by atoms with Crippen molar-refractivity contribution in [2.45, 2.75) is 11.1 Å². The second-order valence-electron chi connectivity index (χ2n) is 4.93. The fraction of sp³-hybridized carbons (Fsp3) is 0.0625. The number of hydrogen-bond acceptors (Lipinski definition) is 3. The first-order valence-electron chi connectivity index (χ1n) is 6.79. The third-order valence-corrected chi connectivity index (χ3v) is 4.41. The first kappa shape index (κ1) is 18.5. The average molecular weight is 371 g/mol. The van der Waals surface area contributed by atoms with Gasteiger partial charge in [-0.1, -0.05) is 18.2 Å². The number of anilines is 1. The van der Waals surface area contributed by atoms with Gasteiger partial charge in [-0.25, -0.2) is 13.2 Å². The Kier molecular flexibility index (Phi) is 5.17. The molecule has 0 atom stereocenters. The van der Waals surface area contributed by atoms with E-state index in [1.54, 1.807) is 6.07 Å². The fourth-order valence-electron chi connectivity index (χ4n) is 1.93. The van der Waals surface area contributed by atoms with Crippen LogP contribution in [-0.2, 0) is 21.0 Å². The third-order valence-electron chi connectivity index (χ3n) is 3.03. The fourth-order valence-corrected chi connectivity index (χ4v) is 3.02. The molecule has 2 rings (SSSR count). The summed E-state index contributed by atoms with van der Waals surface area (Å²) in [5.74, 6) is -1.17. The molecule has 5 nitrogen and oxygen atoms in total. The average Bonchev–Trinajstić information content (AvgIpc) is 2.52. The summed E-state index contributed by atoms with van der Waals surface area (Å²) in [5, 5.41) is 8.58. The zero-order chi connectivity index (χ0) is 18.7. The maximum absolute atomic E-state index is 12.7. The van der Waals surface area contributed by atoms with Crippen LogP contribution in [-0.4, -0.2) is 19.5 Å². The highest BCUT2D eigenvalue weighted by Gasteiger charge is 2.31. The highest BCUT2D eigenvalue weighted by Crippen LogP contribution is 2.30. The third kappa shape index (κ3) is 5.08. The van der Waals surface area contributed by atoms with Crippen LogP contribution in [0.2, 0.25) is 0 Å². The van der Waals surface area contributed by atoms with E-state index in [0.717, 1.165) is 24.3 Å². The summed E-state index contributed by atoms with van der Waals surface area (Å²) in [7, 11) is -4.23. The minimum Gasteiger partial charge on any atom is -0.478 e. The highest BCUT2D eigenvalue weighted by atomic mass is 32.2. The van der Waals surface area contributed by atoms with E-state index in [1.165, 1.54) is 24.3 Å². The number of carboxylic acid groups (broad SMARTS) is 1. The number of aliphatic carboxylic acids is 1. The molecule has 2 aromatic rings. The van der Waals surface area contributed by atoms with Crippen molar-refractivity contribution in [3.63, 3.8) is 0 Å². The molecule has 132 valence electrons. The number of halogens is 3. The quantitative estimate of drug-likeness (QED) is 0.787. The summed E-state index contributed by atoms with van der Waals surface area (Å²) >= 11 is 0. The van der Waals surface area contributed by atoms with Crippen LogP contribution in [0.1, 0.15) is 11.1 Å². The van der Waals surface area contributed by atoms with Crippen LogP contribution < -0.4 is 4.72 Å². The molecule has 0 aliphatic carbocycles. The van der Waals surface area contributed by atoms with Gasteiger partial charge in [-0.05, 0) is 42.0 Å². The minimum atomic E-state index is -4.66. The summed E-state index contributed by atoms with van der Waals surface area (Å²) in [4.78, 5) is 9.96. The van der Waals surface area contributed by atoms with Crippen molar-refractivity contribution in [1.82, 2.24) is 0 Å². The molecule has 0 bridgehead atoms. The standard InChI is InChI=1S/C16H12F3NO4S/c17-16(18,19)12-4-2-6-14(10-12)25(23,24)20-13-5-1-3-11(9-13)7-8-15(21)22/h1-10,20H,(H,21,22)/b8-7+. The summed E-state index contributed by atoms with van der Waals surface area (Å²) in [6.45, 7) is 0. The monoisotopic (exact) mass is 371 g/mol. The molecular weight excluding hydrogens is 359 g/mol. The van der Waals surface area contributed by atoms with Crippen molar-refractivity contribution in [1.29, 1.82) is 0 Å². The smallest absolute Gasteiger partial charge is 0.416 e. The molecule has 9 heteroatoms. The number of nitrogens with one attached hydrogen (secondary N) is 1. The van der Waals surface area contributed by atoms with E-state index in [9.17, 15) is 26.4 Å². The molecule has 0 amide bonds.